The number of carbonyl (C=O) groups excluding carboxylic acids is 1. The highest BCUT2D eigenvalue weighted by atomic mass is 16.1. The third-order valence-corrected chi connectivity index (χ3v) is 5.19. The number of nitrogens with one attached hydrogen (secondary N) is 3. The lowest BCUT2D eigenvalue weighted by molar-refractivity contribution is 0.0927. The number of aromatic nitrogens is 2. The first-order chi connectivity index (χ1) is 12.3. The monoisotopic (exact) mass is 329 g/mol. The average Bonchev–Trinajstić information content (AvgIpc) is 3.24. The smallest absolute Gasteiger partial charge is 0.268 e. The van der Waals surface area contributed by atoms with Crippen LogP contribution in [0.1, 0.15) is 40.6 Å². The number of carbonyl (C=O) groups is 1. The Bertz CT molecular complexity index is 1060. The van der Waals surface area contributed by atoms with Crippen molar-refractivity contribution in [1.82, 2.24) is 15.3 Å². The van der Waals surface area contributed by atoms with E-state index in [1.807, 2.05) is 36.4 Å². The highest BCUT2D eigenvalue weighted by Gasteiger charge is 2.26. The van der Waals surface area contributed by atoms with Crippen LogP contribution < -0.4 is 5.32 Å². The van der Waals surface area contributed by atoms with Gasteiger partial charge in [-0.25, -0.2) is 0 Å². The van der Waals surface area contributed by atoms with Gasteiger partial charge in [-0.05, 0) is 43.0 Å². The average molecular weight is 329 g/mol. The molecule has 4 aromatic rings. The minimum absolute atomic E-state index is 0.0371. The van der Waals surface area contributed by atoms with E-state index in [2.05, 4.69) is 33.5 Å². The van der Waals surface area contributed by atoms with Crippen molar-refractivity contribution in [1.29, 1.82) is 0 Å². The zero-order valence-electron chi connectivity index (χ0n) is 13.8. The van der Waals surface area contributed by atoms with Crippen LogP contribution in [-0.4, -0.2) is 15.9 Å². The van der Waals surface area contributed by atoms with Crippen LogP contribution in [0.2, 0.25) is 0 Å². The van der Waals surface area contributed by atoms with E-state index >= 15 is 0 Å². The number of hydrogen-bond donors (Lipinski definition) is 3. The van der Waals surface area contributed by atoms with Crippen molar-refractivity contribution >= 4 is 27.7 Å². The normalized spacial score (nSPS) is 16.9. The number of benzene rings is 2. The molecule has 1 aliphatic rings. The quantitative estimate of drug-likeness (QED) is 0.500. The van der Waals surface area contributed by atoms with Gasteiger partial charge >= 0.3 is 0 Å². The van der Waals surface area contributed by atoms with Gasteiger partial charge in [0.25, 0.3) is 5.91 Å². The molecule has 25 heavy (non-hydrogen) atoms. The third-order valence-electron chi connectivity index (χ3n) is 5.19. The van der Waals surface area contributed by atoms with Crippen LogP contribution in [0.3, 0.4) is 0 Å². The fourth-order valence-electron chi connectivity index (χ4n) is 3.99. The molecule has 4 heteroatoms. The Morgan fingerprint density at radius 3 is 2.68 bits per heavy atom. The Balaban J connectivity index is 1.47. The molecule has 0 saturated carbocycles. The fraction of sp³-hybridized carbons (Fsp3) is 0.190. The molecule has 0 saturated heterocycles. The van der Waals surface area contributed by atoms with Crippen LogP contribution in [0.4, 0.5) is 0 Å². The maximum atomic E-state index is 12.8. The molecule has 3 N–H and O–H groups in total. The summed E-state index contributed by atoms with van der Waals surface area (Å²) in [5.41, 5.74) is 5.27. The minimum atomic E-state index is -0.0484. The van der Waals surface area contributed by atoms with Gasteiger partial charge in [-0.1, -0.05) is 36.4 Å². The maximum Gasteiger partial charge on any atom is 0.268 e. The van der Waals surface area contributed by atoms with Crippen LogP contribution in [-0.2, 0) is 6.42 Å². The Morgan fingerprint density at radius 1 is 1.00 bits per heavy atom. The summed E-state index contributed by atoms with van der Waals surface area (Å²) < 4.78 is 0. The van der Waals surface area contributed by atoms with Crippen LogP contribution >= 0.6 is 0 Å². The summed E-state index contributed by atoms with van der Waals surface area (Å²) in [6, 6.07) is 18.3. The Labute approximate surface area is 145 Å². The van der Waals surface area contributed by atoms with E-state index in [4.69, 9.17) is 0 Å². The van der Waals surface area contributed by atoms with Crippen molar-refractivity contribution < 1.29 is 4.79 Å². The number of aromatic amines is 2. The first kappa shape index (κ1) is 14.3. The van der Waals surface area contributed by atoms with Crippen LogP contribution in [0, 0.1) is 0 Å². The van der Waals surface area contributed by atoms with E-state index in [0.717, 1.165) is 41.4 Å². The zero-order chi connectivity index (χ0) is 16.8. The summed E-state index contributed by atoms with van der Waals surface area (Å²) in [6.45, 7) is 0. The predicted octanol–water partition coefficient (Wildman–Crippen LogP) is 4.46. The van der Waals surface area contributed by atoms with Crippen molar-refractivity contribution in [2.75, 3.05) is 0 Å². The standard InChI is InChI=1S/C21H19N3O/c25-21(19-12-13-6-1-3-9-16(13)22-19)24-18-11-5-8-15-14-7-2-4-10-17(14)23-20(15)18/h1-4,6-7,9-10,12,18,22-23H,5,8,11H2,(H,24,25)/t18-/m1/s1. The van der Waals surface area contributed by atoms with Crippen molar-refractivity contribution in [2.45, 2.75) is 25.3 Å². The molecule has 2 aromatic heterocycles. The lowest BCUT2D eigenvalue weighted by Gasteiger charge is -2.23. The summed E-state index contributed by atoms with van der Waals surface area (Å²) >= 11 is 0. The molecule has 4 nitrogen and oxygen atoms in total. The molecule has 2 heterocycles. The molecule has 2 aromatic carbocycles. The van der Waals surface area contributed by atoms with Gasteiger partial charge in [0.05, 0.1) is 6.04 Å². The molecule has 0 spiro atoms. The molecular weight excluding hydrogens is 310 g/mol. The Morgan fingerprint density at radius 2 is 1.80 bits per heavy atom. The summed E-state index contributed by atoms with van der Waals surface area (Å²) in [7, 11) is 0. The van der Waals surface area contributed by atoms with Crippen LogP contribution in [0.25, 0.3) is 21.8 Å². The van der Waals surface area contributed by atoms with Crippen LogP contribution in [0.5, 0.6) is 0 Å². The second kappa shape index (κ2) is 5.52. The second-order valence-electron chi connectivity index (χ2n) is 6.75. The molecule has 0 bridgehead atoms. The number of para-hydroxylation sites is 2. The molecule has 0 unspecified atom stereocenters. The molecule has 1 amide bonds. The summed E-state index contributed by atoms with van der Waals surface area (Å²) in [5, 5.41) is 5.55. The molecule has 1 aliphatic carbocycles. The molecule has 1 atom stereocenters. The van der Waals surface area contributed by atoms with Gasteiger partial charge in [0.2, 0.25) is 0 Å². The first-order valence-corrected chi connectivity index (χ1v) is 8.78. The lowest BCUT2D eigenvalue weighted by Crippen LogP contribution is -2.31. The molecule has 5 rings (SSSR count). The molecule has 0 radical (unpaired) electrons. The lowest BCUT2D eigenvalue weighted by atomic mass is 9.91. The van der Waals surface area contributed by atoms with Gasteiger partial charge in [0.1, 0.15) is 5.69 Å². The maximum absolute atomic E-state index is 12.8. The van der Waals surface area contributed by atoms with Crippen molar-refractivity contribution in [3.8, 4) is 0 Å². The van der Waals surface area contributed by atoms with E-state index in [-0.39, 0.29) is 11.9 Å². The number of hydrogen-bond acceptors (Lipinski definition) is 1. The topological polar surface area (TPSA) is 60.7 Å². The number of aryl methyl sites for hydroxylation is 1. The molecular formula is C21H19N3O. The van der Waals surface area contributed by atoms with Gasteiger partial charge in [-0.2, -0.15) is 0 Å². The Kier molecular flexibility index (Phi) is 3.17. The molecule has 124 valence electrons. The minimum Gasteiger partial charge on any atom is -0.356 e. The highest BCUT2D eigenvalue weighted by molar-refractivity contribution is 5.98. The van der Waals surface area contributed by atoms with Gasteiger partial charge in [0.15, 0.2) is 0 Å². The second-order valence-corrected chi connectivity index (χ2v) is 6.75. The van der Waals surface area contributed by atoms with Crippen molar-refractivity contribution in [3.05, 3.63) is 71.5 Å². The van der Waals surface area contributed by atoms with Crippen molar-refractivity contribution in [2.24, 2.45) is 0 Å². The van der Waals surface area contributed by atoms with Gasteiger partial charge in [-0.3, -0.25) is 4.79 Å². The van der Waals surface area contributed by atoms with Gasteiger partial charge < -0.3 is 15.3 Å². The van der Waals surface area contributed by atoms with Gasteiger partial charge in [-0.15, -0.1) is 0 Å². The predicted molar refractivity (Wildman–Crippen MR) is 99.7 cm³/mol. The third kappa shape index (κ3) is 2.33. The van der Waals surface area contributed by atoms with Crippen LogP contribution in [0.15, 0.2) is 54.6 Å². The summed E-state index contributed by atoms with van der Waals surface area (Å²) in [4.78, 5) is 19.5. The summed E-state index contributed by atoms with van der Waals surface area (Å²) in [5.74, 6) is -0.0484. The summed E-state index contributed by atoms with van der Waals surface area (Å²) in [6.07, 6.45) is 3.12. The Hall–Kier alpha value is -3.01. The van der Waals surface area contributed by atoms with E-state index in [0.29, 0.717) is 5.69 Å². The van der Waals surface area contributed by atoms with E-state index in [1.54, 1.807) is 0 Å². The largest absolute Gasteiger partial charge is 0.356 e. The molecule has 0 fully saturated rings. The number of H-pyrrole nitrogens is 2. The number of fused-ring (bicyclic) bond motifs is 4. The first-order valence-electron chi connectivity index (χ1n) is 8.78. The van der Waals surface area contributed by atoms with E-state index < -0.39 is 0 Å². The van der Waals surface area contributed by atoms with Gasteiger partial charge in [0, 0.05) is 27.5 Å². The van der Waals surface area contributed by atoms with E-state index in [1.165, 1.54) is 10.9 Å². The number of amides is 1. The highest BCUT2D eigenvalue weighted by Crippen LogP contribution is 2.34. The fourth-order valence-corrected chi connectivity index (χ4v) is 3.99. The zero-order valence-corrected chi connectivity index (χ0v) is 13.8. The molecule has 0 aliphatic heterocycles. The number of rotatable bonds is 2. The van der Waals surface area contributed by atoms with Crippen molar-refractivity contribution in [3.63, 3.8) is 0 Å². The van der Waals surface area contributed by atoms with E-state index in [9.17, 15) is 4.79 Å². The SMILES string of the molecule is O=C(N[C@@H]1CCCc2c1[nH]c1ccccc21)c1cc2ccccc2[nH]1.